The first kappa shape index (κ1) is 25.6. The lowest BCUT2D eigenvalue weighted by Crippen LogP contribution is -2.21. The number of benzene rings is 3. The van der Waals surface area contributed by atoms with Crippen LogP contribution in [0.4, 0.5) is 0 Å². The van der Waals surface area contributed by atoms with Gasteiger partial charge in [0, 0.05) is 11.6 Å². The molecule has 3 aromatic rings. The highest BCUT2D eigenvalue weighted by atomic mass is 16.5. The maximum absolute atomic E-state index is 12.7. The van der Waals surface area contributed by atoms with Gasteiger partial charge in [0.25, 0.3) is 0 Å². The molecule has 37 heavy (non-hydrogen) atoms. The van der Waals surface area contributed by atoms with Crippen LogP contribution < -0.4 is 24.7 Å². The highest BCUT2D eigenvalue weighted by molar-refractivity contribution is 5.91. The minimum Gasteiger partial charge on any atom is -0.494 e. The number of carbonyl (C=O) groups is 1. The van der Waals surface area contributed by atoms with E-state index in [4.69, 9.17) is 24.7 Å². The first-order valence-electron chi connectivity index (χ1n) is 12.4. The van der Waals surface area contributed by atoms with Crippen LogP contribution in [-0.4, -0.2) is 19.2 Å². The monoisotopic (exact) mass is 498 g/mol. The number of ether oxygens (including phenoxy) is 4. The molecule has 0 radical (unpaired) electrons. The van der Waals surface area contributed by atoms with Gasteiger partial charge in [0.1, 0.15) is 34.6 Å². The molecule has 2 N–H and O–H groups in total. The number of nitriles is 1. The highest BCUT2D eigenvalue weighted by Crippen LogP contribution is 2.43. The Bertz CT molecular complexity index is 1310. The largest absolute Gasteiger partial charge is 0.494 e. The van der Waals surface area contributed by atoms with E-state index >= 15 is 0 Å². The molecule has 0 aliphatic carbocycles. The molecule has 0 amide bonds. The Kier molecular flexibility index (Phi) is 8.32. The minimum atomic E-state index is -0.505. The molecule has 0 bridgehead atoms. The van der Waals surface area contributed by atoms with Crippen molar-refractivity contribution in [3.63, 3.8) is 0 Å². The molecule has 1 aliphatic heterocycles. The van der Waals surface area contributed by atoms with Crippen LogP contribution in [0.15, 0.2) is 78.2 Å². The van der Waals surface area contributed by atoms with Crippen molar-refractivity contribution < 1.29 is 23.7 Å². The fourth-order valence-electron chi connectivity index (χ4n) is 4.01. The summed E-state index contributed by atoms with van der Waals surface area (Å²) in [5, 5.41) is 9.81. The Labute approximate surface area is 217 Å². The summed E-state index contributed by atoms with van der Waals surface area (Å²) in [6.07, 6.45) is 2.95. The molecular weight excluding hydrogens is 468 g/mol. The number of unbranched alkanes of at least 4 members (excludes halogenated alkanes) is 1. The average Bonchev–Trinajstić information content (AvgIpc) is 2.92. The van der Waals surface area contributed by atoms with Gasteiger partial charge in [-0.25, -0.2) is 4.79 Å². The zero-order chi connectivity index (χ0) is 26.2. The van der Waals surface area contributed by atoms with Crippen LogP contribution in [0.3, 0.4) is 0 Å². The summed E-state index contributed by atoms with van der Waals surface area (Å²) in [7, 11) is 0. The van der Waals surface area contributed by atoms with Crippen molar-refractivity contribution in [1.29, 1.82) is 5.26 Å². The van der Waals surface area contributed by atoms with Gasteiger partial charge in [0.2, 0.25) is 5.88 Å². The van der Waals surface area contributed by atoms with Gasteiger partial charge in [0.15, 0.2) is 0 Å². The Morgan fingerprint density at radius 3 is 2.22 bits per heavy atom. The molecule has 7 nitrogen and oxygen atoms in total. The average molecular weight is 499 g/mol. The van der Waals surface area contributed by atoms with E-state index in [2.05, 4.69) is 13.0 Å². The third-order valence-electron chi connectivity index (χ3n) is 5.94. The van der Waals surface area contributed by atoms with Gasteiger partial charge in [-0.1, -0.05) is 38.5 Å². The van der Waals surface area contributed by atoms with Crippen molar-refractivity contribution in [2.75, 3.05) is 13.2 Å². The predicted molar refractivity (Wildman–Crippen MR) is 140 cm³/mol. The lowest BCUT2D eigenvalue weighted by atomic mass is 9.83. The molecule has 1 atom stereocenters. The van der Waals surface area contributed by atoms with Crippen LogP contribution in [0, 0.1) is 11.3 Å². The molecule has 3 aromatic carbocycles. The number of hydrogen-bond acceptors (Lipinski definition) is 7. The van der Waals surface area contributed by atoms with Crippen molar-refractivity contribution in [2.45, 2.75) is 39.0 Å². The second-order valence-electron chi connectivity index (χ2n) is 8.66. The van der Waals surface area contributed by atoms with E-state index in [1.165, 1.54) is 0 Å². The molecule has 0 saturated heterocycles. The van der Waals surface area contributed by atoms with Crippen LogP contribution >= 0.6 is 0 Å². The molecule has 1 heterocycles. The highest BCUT2D eigenvalue weighted by Gasteiger charge is 2.31. The second-order valence-corrected chi connectivity index (χ2v) is 8.66. The Morgan fingerprint density at radius 2 is 1.57 bits per heavy atom. The minimum absolute atomic E-state index is 0.0226. The lowest BCUT2D eigenvalue weighted by Gasteiger charge is -2.26. The topological polar surface area (TPSA) is 104 Å². The third-order valence-corrected chi connectivity index (χ3v) is 5.94. The zero-order valence-electron chi connectivity index (χ0n) is 21.0. The molecule has 1 aliphatic rings. The fraction of sp³-hybridized carbons (Fsp3) is 0.267. The van der Waals surface area contributed by atoms with E-state index in [1.807, 2.05) is 31.2 Å². The molecule has 4 rings (SSSR count). The summed E-state index contributed by atoms with van der Waals surface area (Å²) in [6, 6.07) is 21.7. The maximum Gasteiger partial charge on any atom is 0.343 e. The third kappa shape index (κ3) is 6.04. The van der Waals surface area contributed by atoms with Crippen LogP contribution in [0.25, 0.3) is 0 Å². The van der Waals surface area contributed by atoms with E-state index in [0.717, 1.165) is 36.1 Å². The van der Waals surface area contributed by atoms with Gasteiger partial charge >= 0.3 is 5.97 Å². The van der Waals surface area contributed by atoms with Gasteiger partial charge in [-0.05, 0) is 60.9 Å². The summed E-state index contributed by atoms with van der Waals surface area (Å²) >= 11 is 0. The molecule has 0 saturated carbocycles. The molecular formula is C30H30N2O5. The second kappa shape index (κ2) is 12.0. The SMILES string of the molecule is CCCCOc1ccc(C2C(C#N)=C(N)Oc3cc(OC(=O)c4ccc(OCCC)cc4)ccc32)cc1. The lowest BCUT2D eigenvalue weighted by molar-refractivity contribution is 0.0734. The first-order chi connectivity index (χ1) is 18.0. The quantitative estimate of drug-likeness (QED) is 0.205. The fourth-order valence-corrected chi connectivity index (χ4v) is 4.01. The van der Waals surface area contributed by atoms with Crippen molar-refractivity contribution in [3.05, 3.63) is 94.9 Å². The van der Waals surface area contributed by atoms with Gasteiger partial charge in [-0.2, -0.15) is 5.26 Å². The first-order valence-corrected chi connectivity index (χ1v) is 12.4. The van der Waals surface area contributed by atoms with Gasteiger partial charge in [-0.3, -0.25) is 0 Å². The summed E-state index contributed by atoms with van der Waals surface area (Å²) in [5.74, 6) is 1.30. The number of esters is 1. The molecule has 190 valence electrons. The normalized spacial score (nSPS) is 14.2. The molecule has 7 heteroatoms. The van der Waals surface area contributed by atoms with Gasteiger partial charge in [-0.15, -0.1) is 0 Å². The van der Waals surface area contributed by atoms with E-state index in [-0.39, 0.29) is 5.88 Å². The number of carbonyl (C=O) groups excluding carboxylic acids is 1. The summed E-state index contributed by atoms with van der Waals surface area (Å²) in [5.41, 5.74) is 8.47. The van der Waals surface area contributed by atoms with E-state index in [0.29, 0.717) is 41.6 Å². The van der Waals surface area contributed by atoms with E-state index < -0.39 is 11.9 Å². The Balaban J connectivity index is 1.54. The predicted octanol–water partition coefficient (Wildman–Crippen LogP) is 6.09. The van der Waals surface area contributed by atoms with Gasteiger partial charge in [0.05, 0.1) is 24.7 Å². The molecule has 0 spiro atoms. The molecule has 0 aromatic heterocycles. The Morgan fingerprint density at radius 1 is 0.919 bits per heavy atom. The zero-order valence-corrected chi connectivity index (χ0v) is 21.0. The maximum atomic E-state index is 12.7. The summed E-state index contributed by atoms with van der Waals surface area (Å²) in [6.45, 7) is 5.41. The number of allylic oxidation sites excluding steroid dienone is 1. The number of hydrogen-bond donors (Lipinski definition) is 1. The molecule has 1 unspecified atom stereocenters. The smallest absolute Gasteiger partial charge is 0.343 e. The summed E-state index contributed by atoms with van der Waals surface area (Å²) < 4.78 is 22.7. The van der Waals surface area contributed by atoms with Crippen molar-refractivity contribution >= 4 is 5.97 Å². The van der Waals surface area contributed by atoms with E-state index in [9.17, 15) is 10.1 Å². The number of nitrogens with zero attached hydrogens (tertiary/aromatic N) is 1. The standard InChI is InChI=1S/C30H30N2O5/c1-3-5-17-35-23-10-6-20(7-11-23)28-25-15-14-24(18-27(25)37-29(32)26(28)19-31)36-30(33)21-8-12-22(13-9-21)34-16-4-2/h6-15,18,28H,3-5,16-17,32H2,1-2H3. The number of fused-ring (bicyclic) bond motifs is 1. The van der Waals surface area contributed by atoms with Crippen LogP contribution in [0.1, 0.15) is 60.5 Å². The van der Waals surface area contributed by atoms with Crippen molar-refractivity contribution in [3.8, 4) is 29.1 Å². The van der Waals surface area contributed by atoms with Crippen LogP contribution in [-0.2, 0) is 0 Å². The Hall–Kier alpha value is -4.44. The number of rotatable bonds is 10. The van der Waals surface area contributed by atoms with Gasteiger partial charge < -0.3 is 24.7 Å². The van der Waals surface area contributed by atoms with Crippen molar-refractivity contribution in [1.82, 2.24) is 0 Å². The summed E-state index contributed by atoms with van der Waals surface area (Å²) in [4.78, 5) is 12.7. The van der Waals surface area contributed by atoms with Crippen molar-refractivity contribution in [2.24, 2.45) is 5.73 Å². The number of nitrogens with two attached hydrogens (primary N) is 1. The van der Waals surface area contributed by atoms with Crippen LogP contribution in [0.5, 0.6) is 23.0 Å². The molecule has 0 fully saturated rings. The van der Waals surface area contributed by atoms with E-state index in [1.54, 1.807) is 42.5 Å². The van der Waals surface area contributed by atoms with Crippen LogP contribution in [0.2, 0.25) is 0 Å².